The molecule has 0 unspecified atom stereocenters. The summed E-state index contributed by atoms with van der Waals surface area (Å²) in [5, 5.41) is 3.54. The summed E-state index contributed by atoms with van der Waals surface area (Å²) in [6.45, 7) is 5.55. The van der Waals surface area contributed by atoms with Gasteiger partial charge in [-0.15, -0.1) is 0 Å². The van der Waals surface area contributed by atoms with Crippen molar-refractivity contribution < 1.29 is 4.74 Å². The van der Waals surface area contributed by atoms with Gasteiger partial charge in [0, 0.05) is 30.1 Å². The molecule has 22 heavy (non-hydrogen) atoms. The van der Waals surface area contributed by atoms with Crippen LogP contribution in [0.3, 0.4) is 0 Å². The van der Waals surface area contributed by atoms with E-state index in [1.165, 1.54) is 5.56 Å². The zero-order valence-electron chi connectivity index (χ0n) is 13.1. The molecule has 3 rings (SSSR count). The zero-order valence-corrected chi connectivity index (χ0v) is 13.1. The molecular formula is C17H22N4O. The van der Waals surface area contributed by atoms with Crippen molar-refractivity contribution in [3.8, 4) is 0 Å². The van der Waals surface area contributed by atoms with E-state index < -0.39 is 0 Å². The molecule has 0 spiro atoms. The highest BCUT2D eigenvalue weighted by atomic mass is 16.5. The monoisotopic (exact) mass is 298 g/mol. The van der Waals surface area contributed by atoms with Crippen LogP contribution >= 0.6 is 0 Å². The van der Waals surface area contributed by atoms with E-state index in [0.717, 1.165) is 43.4 Å². The molecule has 1 fully saturated rings. The lowest BCUT2D eigenvalue weighted by molar-refractivity contribution is 0.185. The van der Waals surface area contributed by atoms with E-state index in [4.69, 9.17) is 4.74 Å². The van der Waals surface area contributed by atoms with E-state index in [1.54, 1.807) is 0 Å². The number of aryl methyl sites for hydroxylation is 2. The maximum Gasteiger partial charge on any atom is 0.130 e. The van der Waals surface area contributed by atoms with E-state index in [1.807, 2.05) is 25.4 Å². The lowest BCUT2D eigenvalue weighted by Gasteiger charge is -2.20. The Bertz CT molecular complexity index is 617. The molecule has 1 aliphatic heterocycles. The Kier molecular flexibility index (Phi) is 4.63. The Balaban J connectivity index is 1.70. The van der Waals surface area contributed by atoms with Gasteiger partial charge in [-0.2, -0.15) is 0 Å². The second kappa shape index (κ2) is 6.83. The summed E-state index contributed by atoms with van der Waals surface area (Å²) in [6, 6.07) is 6.46. The average molecular weight is 298 g/mol. The van der Waals surface area contributed by atoms with Crippen molar-refractivity contribution in [3.05, 3.63) is 47.7 Å². The first-order valence-electron chi connectivity index (χ1n) is 7.82. The number of aromatic nitrogens is 3. The molecular weight excluding hydrogens is 276 g/mol. The molecule has 2 atom stereocenters. The smallest absolute Gasteiger partial charge is 0.130 e. The van der Waals surface area contributed by atoms with Crippen LogP contribution in [0.25, 0.3) is 0 Å². The SMILES string of the molecule is CCc1cc(N[C@@H]2COC[C@H]2Cc2ccncc2)nc(C)n1. The summed E-state index contributed by atoms with van der Waals surface area (Å²) in [6.07, 6.45) is 5.59. The number of pyridine rings is 1. The largest absolute Gasteiger partial charge is 0.379 e. The molecule has 1 N–H and O–H groups in total. The summed E-state index contributed by atoms with van der Waals surface area (Å²) >= 11 is 0. The Labute approximate surface area is 131 Å². The van der Waals surface area contributed by atoms with Crippen LogP contribution in [-0.2, 0) is 17.6 Å². The molecule has 1 saturated heterocycles. The second-order valence-corrected chi connectivity index (χ2v) is 5.75. The van der Waals surface area contributed by atoms with Gasteiger partial charge in [-0.3, -0.25) is 4.98 Å². The average Bonchev–Trinajstić information content (AvgIpc) is 2.94. The van der Waals surface area contributed by atoms with Gasteiger partial charge in [0.05, 0.1) is 19.3 Å². The first-order valence-corrected chi connectivity index (χ1v) is 7.82. The number of nitrogens with zero attached hydrogens (tertiary/aromatic N) is 3. The lowest BCUT2D eigenvalue weighted by Crippen LogP contribution is -2.29. The third-order valence-electron chi connectivity index (χ3n) is 4.03. The molecule has 1 aliphatic rings. The van der Waals surface area contributed by atoms with Crippen molar-refractivity contribution in [2.24, 2.45) is 5.92 Å². The highest BCUT2D eigenvalue weighted by Gasteiger charge is 2.28. The van der Waals surface area contributed by atoms with Gasteiger partial charge in [0.25, 0.3) is 0 Å². The predicted molar refractivity (Wildman–Crippen MR) is 85.8 cm³/mol. The Morgan fingerprint density at radius 2 is 2.05 bits per heavy atom. The minimum absolute atomic E-state index is 0.284. The number of ether oxygens (including phenoxy) is 1. The fourth-order valence-corrected chi connectivity index (χ4v) is 2.86. The van der Waals surface area contributed by atoms with Crippen LogP contribution in [0.5, 0.6) is 0 Å². The van der Waals surface area contributed by atoms with Crippen molar-refractivity contribution in [1.82, 2.24) is 15.0 Å². The molecule has 0 aliphatic carbocycles. The van der Waals surface area contributed by atoms with E-state index in [0.29, 0.717) is 5.92 Å². The first kappa shape index (κ1) is 14.9. The van der Waals surface area contributed by atoms with Gasteiger partial charge in [0.15, 0.2) is 0 Å². The molecule has 2 aromatic heterocycles. The van der Waals surface area contributed by atoms with E-state index in [9.17, 15) is 0 Å². The van der Waals surface area contributed by atoms with Gasteiger partial charge in [0.1, 0.15) is 11.6 Å². The highest BCUT2D eigenvalue weighted by molar-refractivity contribution is 5.38. The van der Waals surface area contributed by atoms with Crippen LogP contribution in [0.4, 0.5) is 5.82 Å². The number of nitrogens with one attached hydrogen (secondary N) is 1. The van der Waals surface area contributed by atoms with Crippen LogP contribution in [0.1, 0.15) is 24.0 Å². The molecule has 0 amide bonds. The maximum absolute atomic E-state index is 5.68. The van der Waals surface area contributed by atoms with E-state index in [-0.39, 0.29) is 6.04 Å². The van der Waals surface area contributed by atoms with Crippen LogP contribution in [0.2, 0.25) is 0 Å². The van der Waals surface area contributed by atoms with E-state index >= 15 is 0 Å². The highest BCUT2D eigenvalue weighted by Crippen LogP contribution is 2.22. The molecule has 0 radical (unpaired) electrons. The topological polar surface area (TPSA) is 59.9 Å². The van der Waals surface area contributed by atoms with Gasteiger partial charge in [-0.05, 0) is 37.5 Å². The standard InChI is InChI=1S/C17H22N4O/c1-3-15-9-17(20-12(2)19-15)21-16-11-22-10-14(16)8-13-4-6-18-7-5-13/h4-7,9,14,16H,3,8,10-11H2,1-2H3,(H,19,20,21)/t14-,16-/m1/s1. The number of anilines is 1. The third kappa shape index (κ3) is 3.60. The van der Waals surface area contributed by atoms with E-state index in [2.05, 4.69) is 39.3 Å². The molecule has 0 aromatic carbocycles. The van der Waals surface area contributed by atoms with Gasteiger partial charge >= 0.3 is 0 Å². The van der Waals surface area contributed by atoms with Crippen molar-refractivity contribution in [2.75, 3.05) is 18.5 Å². The Hall–Kier alpha value is -2.01. The third-order valence-corrected chi connectivity index (χ3v) is 4.03. The van der Waals surface area contributed by atoms with Gasteiger partial charge in [0.2, 0.25) is 0 Å². The predicted octanol–water partition coefficient (Wildman–Crippen LogP) is 2.41. The summed E-state index contributed by atoms with van der Waals surface area (Å²) in [5.74, 6) is 2.16. The second-order valence-electron chi connectivity index (χ2n) is 5.75. The van der Waals surface area contributed by atoms with Crippen LogP contribution in [-0.4, -0.2) is 34.2 Å². The molecule has 2 aromatic rings. The lowest BCUT2D eigenvalue weighted by atomic mass is 9.95. The zero-order chi connectivity index (χ0) is 15.4. The Morgan fingerprint density at radius 1 is 1.23 bits per heavy atom. The number of hydrogen-bond acceptors (Lipinski definition) is 5. The van der Waals surface area contributed by atoms with Crippen molar-refractivity contribution >= 4 is 5.82 Å². The molecule has 5 nitrogen and oxygen atoms in total. The van der Waals surface area contributed by atoms with Gasteiger partial charge in [-0.25, -0.2) is 9.97 Å². The number of rotatable bonds is 5. The van der Waals surface area contributed by atoms with Crippen LogP contribution in [0, 0.1) is 12.8 Å². The summed E-state index contributed by atoms with van der Waals surface area (Å²) in [4.78, 5) is 13.0. The quantitative estimate of drug-likeness (QED) is 0.918. The molecule has 116 valence electrons. The fourth-order valence-electron chi connectivity index (χ4n) is 2.86. The summed E-state index contributed by atoms with van der Waals surface area (Å²) in [5.41, 5.74) is 2.37. The normalized spacial score (nSPS) is 21.0. The Morgan fingerprint density at radius 3 is 2.82 bits per heavy atom. The van der Waals surface area contributed by atoms with Crippen molar-refractivity contribution in [3.63, 3.8) is 0 Å². The maximum atomic E-state index is 5.68. The van der Waals surface area contributed by atoms with Crippen molar-refractivity contribution in [1.29, 1.82) is 0 Å². The minimum Gasteiger partial charge on any atom is -0.379 e. The molecule has 0 saturated carbocycles. The van der Waals surface area contributed by atoms with Crippen LogP contribution < -0.4 is 5.32 Å². The van der Waals surface area contributed by atoms with Crippen molar-refractivity contribution in [2.45, 2.75) is 32.7 Å². The molecule has 5 heteroatoms. The number of hydrogen-bond donors (Lipinski definition) is 1. The molecule has 3 heterocycles. The fraction of sp³-hybridized carbons (Fsp3) is 0.471. The van der Waals surface area contributed by atoms with Crippen LogP contribution in [0.15, 0.2) is 30.6 Å². The van der Waals surface area contributed by atoms with Gasteiger partial charge < -0.3 is 10.1 Å². The van der Waals surface area contributed by atoms with Gasteiger partial charge in [-0.1, -0.05) is 6.92 Å². The first-order chi connectivity index (χ1) is 10.7. The summed E-state index contributed by atoms with van der Waals surface area (Å²) in [7, 11) is 0. The molecule has 0 bridgehead atoms. The minimum atomic E-state index is 0.284. The summed E-state index contributed by atoms with van der Waals surface area (Å²) < 4.78 is 5.68.